The number of hydrogen-bond donors (Lipinski definition) is 0. The fourth-order valence-electron chi connectivity index (χ4n) is 5.80. The summed E-state index contributed by atoms with van der Waals surface area (Å²) in [6.07, 6.45) is 35.7. The molecule has 0 bridgehead atoms. The van der Waals surface area contributed by atoms with Gasteiger partial charge in [0.2, 0.25) is 0 Å². The van der Waals surface area contributed by atoms with E-state index < -0.39 is 5.41 Å². The van der Waals surface area contributed by atoms with Gasteiger partial charge in [-0.3, -0.25) is 9.59 Å². The van der Waals surface area contributed by atoms with Gasteiger partial charge in [-0.1, -0.05) is 189 Å². The van der Waals surface area contributed by atoms with Gasteiger partial charge < -0.3 is 0 Å². The van der Waals surface area contributed by atoms with Gasteiger partial charge in [-0.25, -0.2) is 0 Å². The Balaban J connectivity index is 3.73. The predicted molar refractivity (Wildman–Crippen MR) is 174 cm³/mol. The van der Waals surface area contributed by atoms with Crippen LogP contribution in [0.2, 0.25) is 0 Å². The number of carbonyl (C=O) groups excluding carboxylic acids is 2. The van der Waals surface area contributed by atoms with E-state index in [-0.39, 0.29) is 11.7 Å². The molecule has 2 nitrogen and oxygen atoms in total. The zero-order valence-electron chi connectivity index (χ0n) is 27.7. The van der Waals surface area contributed by atoms with Crippen molar-refractivity contribution < 1.29 is 9.59 Å². The second kappa shape index (κ2) is 27.5. The molecule has 2 heteroatoms. The average molecular weight is 549 g/mol. The van der Waals surface area contributed by atoms with Crippen LogP contribution in [0.15, 0.2) is 0 Å². The summed E-state index contributed by atoms with van der Waals surface area (Å²) in [5.74, 6) is 0.419. The zero-order valence-corrected chi connectivity index (χ0v) is 27.7. The van der Waals surface area contributed by atoms with E-state index in [1.165, 1.54) is 141 Å². The Morgan fingerprint density at radius 3 is 1.00 bits per heavy atom. The van der Waals surface area contributed by atoms with Gasteiger partial charge in [0.15, 0.2) is 0 Å². The number of unbranched alkanes of at least 4 members (excludes halogenated alkanes) is 24. The molecule has 39 heavy (non-hydrogen) atoms. The summed E-state index contributed by atoms with van der Waals surface area (Å²) in [7, 11) is 0. The minimum absolute atomic E-state index is 0.163. The molecule has 0 N–H and O–H groups in total. The summed E-state index contributed by atoms with van der Waals surface area (Å²) >= 11 is 0. The van der Waals surface area contributed by atoms with Gasteiger partial charge in [-0.2, -0.15) is 0 Å². The molecule has 0 fully saturated rings. The van der Waals surface area contributed by atoms with Gasteiger partial charge in [0.1, 0.15) is 11.6 Å². The fourth-order valence-corrected chi connectivity index (χ4v) is 5.80. The molecule has 0 heterocycles. The van der Waals surface area contributed by atoms with Crippen molar-refractivity contribution in [1.29, 1.82) is 0 Å². The van der Waals surface area contributed by atoms with Gasteiger partial charge in [0.25, 0.3) is 0 Å². The summed E-state index contributed by atoms with van der Waals surface area (Å²) in [6.45, 7) is 10.6. The average Bonchev–Trinajstić information content (AvgIpc) is 2.93. The third-order valence-corrected chi connectivity index (χ3v) is 9.32. The van der Waals surface area contributed by atoms with Gasteiger partial charge in [-0.15, -0.1) is 0 Å². The first-order valence-corrected chi connectivity index (χ1v) is 17.9. The van der Waals surface area contributed by atoms with Crippen LogP contribution in [0.5, 0.6) is 0 Å². The number of hydrogen-bond acceptors (Lipinski definition) is 2. The van der Waals surface area contributed by atoms with Crippen molar-refractivity contribution in [2.24, 2.45) is 11.3 Å². The van der Waals surface area contributed by atoms with Crippen molar-refractivity contribution in [1.82, 2.24) is 0 Å². The smallest absolute Gasteiger partial charge is 0.139 e. The summed E-state index contributed by atoms with van der Waals surface area (Å²) < 4.78 is 0. The van der Waals surface area contributed by atoms with E-state index in [9.17, 15) is 9.59 Å². The first-order valence-electron chi connectivity index (χ1n) is 17.9. The molecule has 0 saturated heterocycles. The van der Waals surface area contributed by atoms with Gasteiger partial charge in [-0.05, 0) is 12.8 Å². The Morgan fingerprint density at radius 1 is 0.436 bits per heavy atom. The number of rotatable bonds is 31. The fraction of sp³-hybridized carbons (Fsp3) is 0.946. The van der Waals surface area contributed by atoms with Crippen LogP contribution in [-0.2, 0) is 9.59 Å². The highest BCUT2D eigenvalue weighted by Gasteiger charge is 2.36. The normalized spacial score (nSPS) is 12.6. The lowest BCUT2D eigenvalue weighted by Crippen LogP contribution is -2.36. The van der Waals surface area contributed by atoms with E-state index >= 15 is 0 Å². The van der Waals surface area contributed by atoms with Crippen molar-refractivity contribution in [3.8, 4) is 0 Å². The first kappa shape index (κ1) is 38.3. The maximum atomic E-state index is 12.9. The Labute approximate surface area is 246 Å². The molecule has 1 atom stereocenters. The molecule has 0 rings (SSSR count). The van der Waals surface area contributed by atoms with E-state index in [1.807, 2.05) is 20.8 Å². The van der Waals surface area contributed by atoms with E-state index in [1.54, 1.807) is 0 Å². The van der Waals surface area contributed by atoms with E-state index in [0.717, 1.165) is 25.7 Å². The molecule has 0 amide bonds. The molecule has 0 aliphatic rings. The number of carbonyl (C=O) groups is 2. The van der Waals surface area contributed by atoms with Crippen LogP contribution in [0.3, 0.4) is 0 Å². The minimum atomic E-state index is -0.523. The standard InChI is InChI=1S/C37H72O2/c1-6-8-10-12-14-16-18-20-22-24-26-28-30-32-35(38)34(3)37(4,5)36(39)33-31-29-27-25-23-21-19-17-15-13-11-9-7-2/h34H,6-33H2,1-5H3. The lowest BCUT2D eigenvalue weighted by Gasteiger charge is -2.29. The molecule has 0 saturated carbocycles. The Bertz CT molecular complexity index is 550. The maximum absolute atomic E-state index is 12.9. The van der Waals surface area contributed by atoms with Crippen LogP contribution in [0.4, 0.5) is 0 Å². The lowest BCUT2D eigenvalue weighted by molar-refractivity contribution is -0.137. The highest BCUT2D eigenvalue weighted by Crippen LogP contribution is 2.32. The summed E-state index contributed by atoms with van der Waals surface area (Å²) in [4.78, 5) is 25.8. The van der Waals surface area contributed by atoms with Gasteiger partial charge in [0, 0.05) is 24.2 Å². The van der Waals surface area contributed by atoms with Crippen LogP contribution in [0, 0.1) is 11.3 Å². The summed E-state index contributed by atoms with van der Waals surface area (Å²) in [6, 6.07) is 0. The van der Waals surface area contributed by atoms with E-state index in [2.05, 4.69) is 13.8 Å². The topological polar surface area (TPSA) is 34.1 Å². The molecule has 0 spiro atoms. The second-order valence-corrected chi connectivity index (χ2v) is 13.3. The Hall–Kier alpha value is -0.660. The van der Waals surface area contributed by atoms with Crippen molar-refractivity contribution >= 4 is 11.6 Å². The second-order valence-electron chi connectivity index (χ2n) is 13.3. The van der Waals surface area contributed by atoms with Gasteiger partial charge in [0.05, 0.1) is 0 Å². The quantitative estimate of drug-likeness (QED) is 0.0807. The largest absolute Gasteiger partial charge is 0.299 e. The molecule has 0 aliphatic heterocycles. The van der Waals surface area contributed by atoms with E-state index in [4.69, 9.17) is 0 Å². The van der Waals surface area contributed by atoms with Crippen molar-refractivity contribution in [2.45, 2.75) is 214 Å². The highest BCUT2D eigenvalue weighted by atomic mass is 16.1. The molecule has 0 aromatic rings. The first-order chi connectivity index (χ1) is 18.9. The van der Waals surface area contributed by atoms with Crippen molar-refractivity contribution in [3.05, 3.63) is 0 Å². The predicted octanol–water partition coefficient (Wildman–Crippen LogP) is 12.7. The number of ketones is 2. The highest BCUT2D eigenvalue weighted by molar-refractivity contribution is 5.91. The molecule has 0 aromatic heterocycles. The maximum Gasteiger partial charge on any atom is 0.139 e. The van der Waals surface area contributed by atoms with Crippen LogP contribution in [0.1, 0.15) is 214 Å². The third kappa shape index (κ3) is 22.7. The molecule has 0 aromatic carbocycles. The van der Waals surface area contributed by atoms with Crippen LogP contribution in [-0.4, -0.2) is 11.6 Å². The molecule has 232 valence electrons. The Morgan fingerprint density at radius 2 is 0.692 bits per heavy atom. The Kier molecular flexibility index (Phi) is 27.0. The van der Waals surface area contributed by atoms with E-state index in [0.29, 0.717) is 18.6 Å². The monoisotopic (exact) mass is 549 g/mol. The SMILES string of the molecule is CCCCCCCCCCCCCCCC(=O)C(C)C(C)(C)C(=O)CCCCCCCCCCCCCCC. The molecular weight excluding hydrogens is 476 g/mol. The lowest BCUT2D eigenvalue weighted by atomic mass is 9.72. The molecule has 1 unspecified atom stereocenters. The van der Waals surface area contributed by atoms with Crippen LogP contribution < -0.4 is 0 Å². The minimum Gasteiger partial charge on any atom is -0.299 e. The third-order valence-electron chi connectivity index (χ3n) is 9.32. The van der Waals surface area contributed by atoms with Gasteiger partial charge >= 0.3 is 0 Å². The molecule has 0 radical (unpaired) electrons. The molecular formula is C37H72O2. The van der Waals surface area contributed by atoms with Crippen molar-refractivity contribution in [2.75, 3.05) is 0 Å². The molecule has 0 aliphatic carbocycles. The number of Topliss-reactive ketones (excluding diaryl/α,β-unsaturated/α-hetero) is 2. The van der Waals surface area contributed by atoms with Crippen LogP contribution in [0.25, 0.3) is 0 Å². The van der Waals surface area contributed by atoms with Crippen molar-refractivity contribution in [3.63, 3.8) is 0 Å². The zero-order chi connectivity index (χ0) is 29.0. The summed E-state index contributed by atoms with van der Waals surface area (Å²) in [5.41, 5.74) is -0.523. The summed E-state index contributed by atoms with van der Waals surface area (Å²) in [5, 5.41) is 0. The van der Waals surface area contributed by atoms with Crippen LogP contribution >= 0.6 is 0 Å².